The molecule has 1 N–H and O–H groups in total. The lowest BCUT2D eigenvalue weighted by Gasteiger charge is -2.23. The molecule has 1 aliphatic heterocycles. The van der Waals surface area contributed by atoms with E-state index in [1.165, 1.54) is 0 Å². The number of esters is 1. The highest BCUT2D eigenvalue weighted by molar-refractivity contribution is 6.06. The molecule has 5 heteroatoms. The van der Waals surface area contributed by atoms with Gasteiger partial charge in [0, 0.05) is 12.8 Å². The van der Waals surface area contributed by atoms with Gasteiger partial charge in [-0.15, -0.1) is 0 Å². The number of hydrogen-bond donors (Lipinski definition) is 1. The molecular weight excluding hydrogens is 234 g/mol. The summed E-state index contributed by atoms with van der Waals surface area (Å²) in [5.41, 5.74) is -1.09. The molecule has 0 spiro atoms. The molecule has 0 aromatic rings. The number of carbonyl (C=O) groups excluding carboxylic acids is 3. The van der Waals surface area contributed by atoms with Crippen molar-refractivity contribution in [2.75, 3.05) is 6.61 Å². The van der Waals surface area contributed by atoms with Crippen LogP contribution in [0.4, 0.5) is 0 Å². The molecule has 0 aliphatic carbocycles. The highest BCUT2D eigenvalue weighted by Gasteiger charge is 2.38. The maximum Gasteiger partial charge on any atom is 0.328 e. The van der Waals surface area contributed by atoms with Gasteiger partial charge in [-0.3, -0.25) is 9.59 Å². The lowest BCUT2D eigenvalue weighted by molar-refractivity contribution is -0.145. The number of amides is 1. The van der Waals surface area contributed by atoms with Gasteiger partial charge in [0.1, 0.15) is 17.2 Å². The summed E-state index contributed by atoms with van der Waals surface area (Å²) < 4.78 is 4.77. The zero-order chi connectivity index (χ0) is 13.8. The van der Waals surface area contributed by atoms with E-state index in [4.69, 9.17) is 4.74 Å². The Balaban J connectivity index is 2.58. The summed E-state index contributed by atoms with van der Waals surface area (Å²) in [5.74, 6) is -0.902. The summed E-state index contributed by atoms with van der Waals surface area (Å²) in [7, 11) is 0. The predicted octanol–water partition coefficient (Wildman–Crippen LogP) is 1.20. The topological polar surface area (TPSA) is 72.5 Å². The predicted molar refractivity (Wildman–Crippen MR) is 65.8 cm³/mol. The van der Waals surface area contributed by atoms with Crippen molar-refractivity contribution in [3.8, 4) is 0 Å². The molecule has 0 radical (unpaired) electrons. The molecule has 1 rings (SSSR count). The van der Waals surface area contributed by atoms with E-state index in [0.717, 1.165) is 12.8 Å². The van der Waals surface area contributed by atoms with Crippen LogP contribution in [0.1, 0.15) is 46.5 Å². The van der Waals surface area contributed by atoms with Crippen LogP contribution in [0.2, 0.25) is 0 Å². The molecule has 5 nitrogen and oxygen atoms in total. The Bertz CT molecular complexity index is 349. The first-order chi connectivity index (χ1) is 8.39. The number of ketones is 1. The Morgan fingerprint density at radius 2 is 2.11 bits per heavy atom. The van der Waals surface area contributed by atoms with Crippen molar-refractivity contribution in [3.05, 3.63) is 0 Å². The number of Topliss-reactive ketones (excluding diaryl/α,β-unsaturated/α-hetero) is 1. The van der Waals surface area contributed by atoms with E-state index in [1.807, 2.05) is 6.92 Å². The molecule has 1 unspecified atom stereocenters. The molecule has 1 fully saturated rings. The maximum atomic E-state index is 12.0. The lowest BCUT2D eigenvalue weighted by Crippen LogP contribution is -2.48. The number of cyclic esters (lactones) is 1. The van der Waals surface area contributed by atoms with E-state index in [-0.39, 0.29) is 5.78 Å². The van der Waals surface area contributed by atoms with E-state index in [1.54, 1.807) is 13.8 Å². The third kappa shape index (κ3) is 3.31. The Morgan fingerprint density at radius 1 is 1.44 bits per heavy atom. The first kappa shape index (κ1) is 14.7. The molecule has 18 heavy (non-hydrogen) atoms. The van der Waals surface area contributed by atoms with E-state index >= 15 is 0 Å². The summed E-state index contributed by atoms with van der Waals surface area (Å²) in [4.78, 5) is 35.2. The minimum atomic E-state index is -1.09. The van der Waals surface area contributed by atoms with Crippen LogP contribution in [0.15, 0.2) is 0 Å². The average Bonchev–Trinajstić information content (AvgIpc) is 2.71. The molecule has 102 valence electrons. The molecule has 0 saturated carbocycles. The van der Waals surface area contributed by atoms with Crippen LogP contribution in [0.25, 0.3) is 0 Å². The van der Waals surface area contributed by atoms with Crippen molar-refractivity contribution < 1.29 is 19.1 Å². The zero-order valence-electron chi connectivity index (χ0n) is 11.2. The first-order valence-electron chi connectivity index (χ1n) is 6.40. The number of nitrogens with one attached hydrogen (secondary N) is 1. The van der Waals surface area contributed by atoms with Gasteiger partial charge in [-0.2, -0.15) is 0 Å². The van der Waals surface area contributed by atoms with E-state index in [0.29, 0.717) is 19.4 Å². The average molecular weight is 255 g/mol. The van der Waals surface area contributed by atoms with Crippen molar-refractivity contribution in [1.82, 2.24) is 5.32 Å². The van der Waals surface area contributed by atoms with E-state index < -0.39 is 23.3 Å². The van der Waals surface area contributed by atoms with Crippen molar-refractivity contribution >= 4 is 17.7 Å². The SMILES string of the molecule is CCCCC(=O)C(C)(C)C(=O)NC1CCOC1=O. The maximum absolute atomic E-state index is 12.0. The number of unbranched alkanes of at least 4 members (excludes halogenated alkanes) is 1. The molecular formula is C13H21NO4. The third-order valence-corrected chi connectivity index (χ3v) is 3.26. The first-order valence-corrected chi connectivity index (χ1v) is 6.40. The number of rotatable bonds is 6. The van der Waals surface area contributed by atoms with Crippen LogP contribution in [-0.4, -0.2) is 30.3 Å². The van der Waals surface area contributed by atoms with Crippen LogP contribution in [-0.2, 0) is 19.1 Å². The minimum Gasteiger partial charge on any atom is -0.464 e. The van der Waals surface area contributed by atoms with Crippen LogP contribution in [0.5, 0.6) is 0 Å². The van der Waals surface area contributed by atoms with Crippen LogP contribution < -0.4 is 5.32 Å². The fourth-order valence-electron chi connectivity index (χ4n) is 1.74. The Labute approximate surface area is 107 Å². The molecule has 1 aliphatic rings. The van der Waals surface area contributed by atoms with Crippen LogP contribution >= 0.6 is 0 Å². The summed E-state index contributed by atoms with van der Waals surface area (Å²) in [6.07, 6.45) is 2.56. The zero-order valence-corrected chi connectivity index (χ0v) is 11.2. The van der Waals surface area contributed by atoms with Crippen molar-refractivity contribution in [2.24, 2.45) is 5.41 Å². The quantitative estimate of drug-likeness (QED) is 0.572. The van der Waals surface area contributed by atoms with Gasteiger partial charge in [0.15, 0.2) is 0 Å². The fraction of sp³-hybridized carbons (Fsp3) is 0.769. The second kappa shape index (κ2) is 5.98. The fourth-order valence-corrected chi connectivity index (χ4v) is 1.74. The normalized spacial score (nSPS) is 19.5. The van der Waals surface area contributed by atoms with Crippen molar-refractivity contribution in [2.45, 2.75) is 52.5 Å². The van der Waals surface area contributed by atoms with E-state index in [9.17, 15) is 14.4 Å². The highest BCUT2D eigenvalue weighted by Crippen LogP contribution is 2.21. The number of carbonyl (C=O) groups is 3. The van der Waals surface area contributed by atoms with Gasteiger partial charge in [-0.1, -0.05) is 13.3 Å². The highest BCUT2D eigenvalue weighted by atomic mass is 16.5. The molecule has 1 heterocycles. The summed E-state index contributed by atoms with van der Waals surface area (Å²) >= 11 is 0. The summed E-state index contributed by atoms with van der Waals surface area (Å²) in [6.45, 7) is 5.52. The Kier molecular flexibility index (Phi) is 4.87. The molecule has 1 amide bonds. The standard InChI is InChI=1S/C13H21NO4/c1-4-5-6-10(15)13(2,3)12(17)14-9-7-8-18-11(9)16/h9H,4-8H2,1-3H3,(H,14,17). The number of ether oxygens (including phenoxy) is 1. The number of hydrogen-bond acceptors (Lipinski definition) is 4. The smallest absolute Gasteiger partial charge is 0.328 e. The monoisotopic (exact) mass is 255 g/mol. The van der Waals surface area contributed by atoms with Gasteiger partial charge in [-0.05, 0) is 20.3 Å². The molecule has 1 atom stereocenters. The van der Waals surface area contributed by atoms with Crippen molar-refractivity contribution in [1.29, 1.82) is 0 Å². The lowest BCUT2D eigenvalue weighted by atomic mass is 9.84. The van der Waals surface area contributed by atoms with Gasteiger partial charge in [-0.25, -0.2) is 4.79 Å². The molecule has 0 bridgehead atoms. The van der Waals surface area contributed by atoms with Crippen molar-refractivity contribution in [3.63, 3.8) is 0 Å². The summed E-state index contributed by atoms with van der Waals surface area (Å²) in [5, 5.41) is 2.59. The summed E-state index contributed by atoms with van der Waals surface area (Å²) in [6, 6.07) is -0.601. The van der Waals surface area contributed by atoms with Gasteiger partial charge in [0.25, 0.3) is 0 Å². The molecule has 1 saturated heterocycles. The Hall–Kier alpha value is -1.39. The second-order valence-electron chi connectivity index (χ2n) is 5.13. The molecule has 0 aromatic heterocycles. The van der Waals surface area contributed by atoms with Gasteiger partial charge >= 0.3 is 5.97 Å². The Morgan fingerprint density at radius 3 is 2.61 bits per heavy atom. The van der Waals surface area contributed by atoms with Crippen LogP contribution in [0, 0.1) is 5.41 Å². The molecule has 0 aromatic carbocycles. The van der Waals surface area contributed by atoms with Gasteiger partial charge < -0.3 is 10.1 Å². The van der Waals surface area contributed by atoms with E-state index in [2.05, 4.69) is 5.32 Å². The minimum absolute atomic E-state index is 0.0896. The van der Waals surface area contributed by atoms with Crippen LogP contribution in [0.3, 0.4) is 0 Å². The third-order valence-electron chi connectivity index (χ3n) is 3.26. The second-order valence-corrected chi connectivity index (χ2v) is 5.13. The van der Waals surface area contributed by atoms with Gasteiger partial charge in [0.05, 0.1) is 6.61 Å². The van der Waals surface area contributed by atoms with Gasteiger partial charge in [0.2, 0.25) is 5.91 Å². The largest absolute Gasteiger partial charge is 0.464 e.